The number of rotatable bonds is 8. The molecular weight excluding hydrogens is 299 g/mol. The first-order valence-corrected chi connectivity index (χ1v) is 9.21. The van der Waals surface area contributed by atoms with Gasteiger partial charge in [0.1, 0.15) is 5.30 Å². The molecule has 0 aliphatic rings. The Morgan fingerprint density at radius 2 is 1.82 bits per heavy atom. The Kier molecular flexibility index (Phi) is 5.95. The van der Waals surface area contributed by atoms with Crippen LogP contribution >= 0.6 is 7.60 Å². The number of nitrogens with one attached hydrogen (secondary N) is 1. The first-order chi connectivity index (χ1) is 10.7. The van der Waals surface area contributed by atoms with Crippen molar-refractivity contribution in [3.63, 3.8) is 0 Å². The van der Waals surface area contributed by atoms with Crippen molar-refractivity contribution in [1.82, 2.24) is 4.98 Å². The second-order valence-electron chi connectivity index (χ2n) is 4.80. The van der Waals surface area contributed by atoms with Crippen LogP contribution in [0.2, 0.25) is 0 Å². The van der Waals surface area contributed by atoms with Gasteiger partial charge in [0.15, 0.2) is 0 Å². The van der Waals surface area contributed by atoms with Crippen molar-refractivity contribution in [1.29, 1.82) is 0 Å². The van der Waals surface area contributed by atoms with Gasteiger partial charge in [0.25, 0.3) is 0 Å². The van der Waals surface area contributed by atoms with Crippen LogP contribution in [0.5, 0.6) is 0 Å². The topological polar surface area (TPSA) is 60.5 Å². The van der Waals surface area contributed by atoms with Crippen LogP contribution in [0.1, 0.15) is 27.2 Å². The first kappa shape index (κ1) is 16.9. The van der Waals surface area contributed by atoms with Crippen LogP contribution in [-0.4, -0.2) is 24.7 Å². The van der Waals surface area contributed by atoms with Gasteiger partial charge in [-0.25, -0.2) is 0 Å². The highest BCUT2D eigenvalue weighted by atomic mass is 31.2. The lowest BCUT2D eigenvalue weighted by atomic mass is 10.2. The Hall–Kier alpha value is -1.42. The normalized spacial score (nSPS) is 11.8. The minimum absolute atomic E-state index is 0.317. The third-order valence-corrected chi connectivity index (χ3v) is 5.33. The van der Waals surface area contributed by atoms with Gasteiger partial charge in [-0.2, -0.15) is 0 Å². The molecule has 6 heteroatoms. The average molecular weight is 322 g/mol. The predicted octanol–water partition coefficient (Wildman–Crippen LogP) is 3.95. The van der Waals surface area contributed by atoms with Gasteiger partial charge in [0, 0.05) is 18.1 Å². The zero-order chi connectivity index (χ0) is 16.0. The molecule has 120 valence electrons. The third kappa shape index (κ3) is 3.49. The molecule has 2 aromatic rings. The van der Waals surface area contributed by atoms with Crippen molar-refractivity contribution >= 4 is 29.5 Å². The molecule has 0 saturated heterocycles. The van der Waals surface area contributed by atoms with E-state index in [-0.39, 0.29) is 0 Å². The van der Waals surface area contributed by atoms with E-state index in [4.69, 9.17) is 9.05 Å². The largest absolute Gasteiger partial charge is 0.384 e. The summed E-state index contributed by atoms with van der Waals surface area (Å²) < 4.78 is 24.1. The number of para-hydroxylation sites is 1. The summed E-state index contributed by atoms with van der Waals surface area (Å²) in [4.78, 5) is 4.41. The van der Waals surface area contributed by atoms with Crippen LogP contribution in [0.25, 0.3) is 10.9 Å². The fourth-order valence-corrected chi connectivity index (χ4v) is 4.00. The highest BCUT2D eigenvalue weighted by Crippen LogP contribution is 2.49. The average Bonchev–Trinajstić information content (AvgIpc) is 2.52. The van der Waals surface area contributed by atoms with Gasteiger partial charge in [-0.15, -0.1) is 0 Å². The van der Waals surface area contributed by atoms with Gasteiger partial charge < -0.3 is 14.4 Å². The molecule has 0 fully saturated rings. The minimum Gasteiger partial charge on any atom is -0.384 e. The summed E-state index contributed by atoms with van der Waals surface area (Å²) >= 11 is 0. The van der Waals surface area contributed by atoms with Gasteiger partial charge in [-0.3, -0.25) is 9.55 Å². The quantitative estimate of drug-likeness (QED) is 0.746. The smallest absolute Gasteiger partial charge is 0.364 e. The molecule has 0 atom stereocenters. The standard InChI is InChI=1S/C16H23N2O3P/c1-4-11-17-16-13-9-7-8-10-14(13)18-12-15(16)22(19,20-5-2)21-6-3/h7-10,12H,4-6,11H2,1-3H3,(H,17,18). The molecule has 0 bridgehead atoms. The number of anilines is 1. The monoisotopic (exact) mass is 322 g/mol. The summed E-state index contributed by atoms with van der Waals surface area (Å²) in [6, 6.07) is 7.77. The van der Waals surface area contributed by atoms with E-state index in [1.165, 1.54) is 0 Å². The van der Waals surface area contributed by atoms with Crippen molar-refractivity contribution in [2.75, 3.05) is 25.1 Å². The molecule has 22 heavy (non-hydrogen) atoms. The van der Waals surface area contributed by atoms with Crippen LogP contribution in [0.4, 0.5) is 5.69 Å². The second-order valence-corrected chi connectivity index (χ2v) is 6.79. The molecule has 1 aromatic heterocycles. The number of fused-ring (bicyclic) bond motifs is 1. The van der Waals surface area contributed by atoms with E-state index in [9.17, 15) is 4.57 Å². The molecule has 0 aliphatic carbocycles. The lowest BCUT2D eigenvalue weighted by Gasteiger charge is -2.21. The van der Waals surface area contributed by atoms with Crippen molar-refractivity contribution in [2.45, 2.75) is 27.2 Å². The number of hydrogen-bond acceptors (Lipinski definition) is 5. The molecule has 2 rings (SSSR count). The minimum atomic E-state index is -3.38. The summed E-state index contributed by atoms with van der Waals surface area (Å²) in [5, 5.41) is 4.78. The maximum atomic E-state index is 13.1. The zero-order valence-corrected chi connectivity index (χ0v) is 14.2. The maximum absolute atomic E-state index is 13.1. The van der Waals surface area contributed by atoms with E-state index in [2.05, 4.69) is 17.2 Å². The van der Waals surface area contributed by atoms with Gasteiger partial charge in [0.2, 0.25) is 0 Å². The summed E-state index contributed by atoms with van der Waals surface area (Å²) in [5.41, 5.74) is 1.64. The predicted molar refractivity (Wildman–Crippen MR) is 91.0 cm³/mol. The van der Waals surface area contributed by atoms with Crippen LogP contribution in [0.3, 0.4) is 0 Å². The number of aromatic nitrogens is 1. The molecule has 0 spiro atoms. The molecule has 1 aromatic carbocycles. The Labute approximate surface area is 131 Å². The highest BCUT2D eigenvalue weighted by Gasteiger charge is 2.31. The second kappa shape index (κ2) is 7.73. The van der Waals surface area contributed by atoms with E-state index in [0.717, 1.165) is 29.6 Å². The summed E-state index contributed by atoms with van der Waals surface area (Å²) in [5.74, 6) is 0. The highest BCUT2D eigenvalue weighted by molar-refractivity contribution is 7.62. The molecule has 0 unspecified atom stereocenters. The summed E-state index contributed by atoms with van der Waals surface area (Å²) in [6.07, 6.45) is 2.57. The fourth-order valence-electron chi connectivity index (χ4n) is 2.29. The Bertz CT molecular complexity index is 665. The Morgan fingerprint density at radius 1 is 1.14 bits per heavy atom. The molecule has 5 nitrogen and oxygen atoms in total. The summed E-state index contributed by atoms with van der Waals surface area (Å²) in [7, 11) is -3.38. The first-order valence-electron chi connectivity index (χ1n) is 7.67. The third-order valence-electron chi connectivity index (χ3n) is 3.20. The van der Waals surface area contributed by atoms with Crippen LogP contribution in [0, 0.1) is 0 Å². The van der Waals surface area contributed by atoms with Gasteiger partial charge in [0.05, 0.1) is 24.4 Å². The lowest BCUT2D eigenvalue weighted by Crippen LogP contribution is -2.18. The molecule has 0 saturated carbocycles. The van der Waals surface area contributed by atoms with E-state index in [1.54, 1.807) is 20.0 Å². The van der Waals surface area contributed by atoms with Gasteiger partial charge >= 0.3 is 7.60 Å². The maximum Gasteiger partial charge on any atom is 0.364 e. The summed E-state index contributed by atoms with van der Waals surface area (Å²) in [6.45, 7) is 7.10. The van der Waals surface area contributed by atoms with Crippen molar-refractivity contribution in [3.8, 4) is 0 Å². The van der Waals surface area contributed by atoms with E-state index >= 15 is 0 Å². The number of pyridine rings is 1. The van der Waals surface area contributed by atoms with Crippen LogP contribution in [-0.2, 0) is 13.6 Å². The molecule has 1 N–H and O–H groups in total. The van der Waals surface area contributed by atoms with Crippen molar-refractivity contribution < 1.29 is 13.6 Å². The van der Waals surface area contributed by atoms with E-state index in [1.807, 2.05) is 24.3 Å². The van der Waals surface area contributed by atoms with Crippen molar-refractivity contribution in [3.05, 3.63) is 30.5 Å². The Balaban J connectivity index is 2.62. The van der Waals surface area contributed by atoms with E-state index in [0.29, 0.717) is 18.5 Å². The number of hydrogen-bond donors (Lipinski definition) is 1. The number of benzene rings is 1. The zero-order valence-electron chi connectivity index (χ0n) is 13.3. The molecular formula is C16H23N2O3P. The van der Waals surface area contributed by atoms with Crippen LogP contribution < -0.4 is 10.6 Å². The van der Waals surface area contributed by atoms with Gasteiger partial charge in [-0.1, -0.05) is 25.1 Å². The Morgan fingerprint density at radius 3 is 2.45 bits per heavy atom. The van der Waals surface area contributed by atoms with E-state index < -0.39 is 7.60 Å². The molecule has 0 amide bonds. The number of nitrogens with zero attached hydrogens (tertiary/aromatic N) is 1. The fraction of sp³-hybridized carbons (Fsp3) is 0.438. The molecule has 0 radical (unpaired) electrons. The SMILES string of the molecule is CCCNc1c(P(=O)(OCC)OCC)cnc2ccccc12. The van der Waals surface area contributed by atoms with Crippen LogP contribution in [0.15, 0.2) is 30.5 Å². The molecule has 1 heterocycles. The van der Waals surface area contributed by atoms with Crippen molar-refractivity contribution in [2.24, 2.45) is 0 Å². The van der Waals surface area contributed by atoms with Gasteiger partial charge in [-0.05, 0) is 26.3 Å². The molecule has 0 aliphatic heterocycles. The lowest BCUT2D eigenvalue weighted by molar-refractivity contribution is 0.230.